The molecule has 2 amide bonds. The number of hydrogen-bond acceptors (Lipinski definition) is 5. The number of anilines is 1. The summed E-state index contributed by atoms with van der Waals surface area (Å²) in [7, 11) is 1.63. The smallest absolute Gasteiger partial charge is 0.320 e. The lowest BCUT2D eigenvalue weighted by Crippen LogP contribution is -2.42. The third kappa shape index (κ3) is 5.73. The zero-order chi connectivity index (χ0) is 28.2. The average Bonchev–Trinajstić information content (AvgIpc) is 3.50. The zero-order valence-corrected chi connectivity index (χ0v) is 22.7. The Hall–Kier alpha value is -4.15. The molecule has 0 radical (unpaired) electrons. The Morgan fingerprint density at radius 3 is 2.58 bits per heavy atom. The van der Waals surface area contributed by atoms with E-state index in [0.29, 0.717) is 37.6 Å². The van der Waals surface area contributed by atoms with Crippen LogP contribution in [0.15, 0.2) is 66.9 Å². The average molecular weight is 547 g/mol. The minimum Gasteiger partial charge on any atom is -0.383 e. The van der Waals surface area contributed by atoms with Crippen molar-refractivity contribution in [3.05, 3.63) is 95.3 Å². The first-order valence-corrected chi connectivity index (χ1v) is 13.2. The first kappa shape index (κ1) is 27.4. The van der Waals surface area contributed by atoms with Crippen LogP contribution in [-0.2, 0) is 4.74 Å². The summed E-state index contributed by atoms with van der Waals surface area (Å²) in [4.78, 5) is 20.0. The summed E-state index contributed by atoms with van der Waals surface area (Å²) in [5.41, 5.74) is 4.64. The summed E-state index contributed by atoms with van der Waals surface area (Å²) in [6.45, 7) is 6.13. The molecule has 2 N–H and O–H groups in total. The highest BCUT2D eigenvalue weighted by atomic mass is 19.2. The SMILES string of the molecule is COCCN1CC(NC(=O)Nc2c(C)c(-c3cccnc3C)nn2-c2ccccc2)C(c2ccc(F)c(F)c2)C1. The van der Waals surface area contributed by atoms with Crippen molar-refractivity contribution in [2.24, 2.45) is 0 Å². The van der Waals surface area contributed by atoms with Crippen LogP contribution in [0.25, 0.3) is 16.9 Å². The van der Waals surface area contributed by atoms with Crippen LogP contribution in [0.4, 0.5) is 19.4 Å². The van der Waals surface area contributed by atoms with Crippen LogP contribution in [0.1, 0.15) is 22.7 Å². The van der Waals surface area contributed by atoms with E-state index in [4.69, 9.17) is 9.84 Å². The van der Waals surface area contributed by atoms with Gasteiger partial charge in [0.1, 0.15) is 5.82 Å². The number of rotatable bonds is 8. The monoisotopic (exact) mass is 546 g/mol. The molecule has 1 aliphatic rings. The predicted molar refractivity (Wildman–Crippen MR) is 150 cm³/mol. The van der Waals surface area contributed by atoms with E-state index in [2.05, 4.69) is 20.5 Å². The predicted octanol–water partition coefficient (Wildman–Crippen LogP) is 5.07. The Morgan fingerprint density at radius 1 is 1.05 bits per heavy atom. The molecule has 4 aromatic rings. The molecule has 1 fully saturated rings. The number of pyridine rings is 1. The second-order valence-electron chi connectivity index (χ2n) is 9.94. The third-order valence-corrected chi connectivity index (χ3v) is 7.31. The second kappa shape index (κ2) is 11.9. The van der Waals surface area contributed by atoms with E-state index in [1.807, 2.05) is 56.3 Å². The molecule has 8 nitrogen and oxygen atoms in total. The molecule has 1 saturated heterocycles. The number of ether oxygens (including phenoxy) is 1. The molecule has 2 unspecified atom stereocenters. The number of benzene rings is 2. The number of methoxy groups -OCH3 is 1. The Kier molecular flexibility index (Phi) is 8.18. The number of para-hydroxylation sites is 1. The minimum absolute atomic E-state index is 0.230. The van der Waals surface area contributed by atoms with E-state index in [1.54, 1.807) is 24.1 Å². The summed E-state index contributed by atoms with van der Waals surface area (Å²) in [6, 6.07) is 16.5. The van der Waals surface area contributed by atoms with Gasteiger partial charge in [-0.3, -0.25) is 15.2 Å². The van der Waals surface area contributed by atoms with E-state index < -0.39 is 17.7 Å². The van der Waals surface area contributed by atoms with E-state index in [9.17, 15) is 13.6 Å². The van der Waals surface area contributed by atoms with Gasteiger partial charge >= 0.3 is 6.03 Å². The number of nitrogens with one attached hydrogen (secondary N) is 2. The highest BCUT2D eigenvalue weighted by molar-refractivity contribution is 5.91. The Bertz CT molecular complexity index is 1490. The van der Waals surface area contributed by atoms with Crippen LogP contribution < -0.4 is 10.6 Å². The molecular formula is C30H32F2N6O2. The molecule has 5 rings (SSSR count). The van der Waals surface area contributed by atoms with Gasteiger partial charge in [-0.15, -0.1) is 0 Å². The summed E-state index contributed by atoms with van der Waals surface area (Å²) in [5, 5.41) is 11.0. The quantitative estimate of drug-likeness (QED) is 0.323. The van der Waals surface area contributed by atoms with Crippen molar-refractivity contribution < 1.29 is 18.3 Å². The molecule has 0 aliphatic carbocycles. The van der Waals surface area contributed by atoms with Crippen molar-refractivity contribution in [2.75, 3.05) is 38.7 Å². The molecule has 1 aliphatic heterocycles. The van der Waals surface area contributed by atoms with Crippen molar-refractivity contribution >= 4 is 11.8 Å². The normalized spacial score (nSPS) is 17.2. The van der Waals surface area contributed by atoms with Gasteiger partial charge in [0.05, 0.1) is 24.0 Å². The molecule has 0 saturated carbocycles. The summed E-state index contributed by atoms with van der Waals surface area (Å²) < 4.78 is 34.7. The van der Waals surface area contributed by atoms with Gasteiger partial charge in [-0.25, -0.2) is 18.3 Å². The van der Waals surface area contributed by atoms with Crippen molar-refractivity contribution in [3.63, 3.8) is 0 Å². The molecule has 0 spiro atoms. The molecule has 2 atom stereocenters. The highest BCUT2D eigenvalue weighted by Crippen LogP contribution is 2.32. The van der Waals surface area contributed by atoms with Gasteiger partial charge in [-0.1, -0.05) is 24.3 Å². The summed E-state index contributed by atoms with van der Waals surface area (Å²) in [6.07, 6.45) is 1.73. The van der Waals surface area contributed by atoms with Crippen LogP contribution in [0.3, 0.4) is 0 Å². The maximum absolute atomic E-state index is 14.1. The number of carbonyl (C=O) groups is 1. The molecule has 40 heavy (non-hydrogen) atoms. The molecule has 208 valence electrons. The molecule has 10 heteroatoms. The van der Waals surface area contributed by atoms with Gasteiger partial charge < -0.3 is 10.1 Å². The van der Waals surface area contributed by atoms with Crippen LogP contribution in [0.5, 0.6) is 0 Å². The lowest BCUT2D eigenvalue weighted by Gasteiger charge is -2.21. The van der Waals surface area contributed by atoms with Crippen molar-refractivity contribution in [2.45, 2.75) is 25.8 Å². The Morgan fingerprint density at radius 2 is 1.85 bits per heavy atom. The lowest BCUT2D eigenvalue weighted by molar-refractivity contribution is 0.159. The van der Waals surface area contributed by atoms with Gasteiger partial charge in [0.2, 0.25) is 0 Å². The molecular weight excluding hydrogens is 514 g/mol. The number of hydrogen-bond donors (Lipinski definition) is 2. The van der Waals surface area contributed by atoms with Gasteiger partial charge in [0.25, 0.3) is 0 Å². The van der Waals surface area contributed by atoms with E-state index in [-0.39, 0.29) is 12.0 Å². The number of aryl methyl sites for hydroxylation is 1. The van der Waals surface area contributed by atoms with Crippen LogP contribution in [0.2, 0.25) is 0 Å². The minimum atomic E-state index is -0.906. The second-order valence-corrected chi connectivity index (χ2v) is 9.94. The maximum Gasteiger partial charge on any atom is 0.320 e. The topological polar surface area (TPSA) is 84.3 Å². The van der Waals surface area contributed by atoms with E-state index in [1.165, 1.54) is 6.07 Å². The molecule has 2 aromatic heterocycles. The van der Waals surface area contributed by atoms with Crippen molar-refractivity contribution in [1.29, 1.82) is 0 Å². The fourth-order valence-corrected chi connectivity index (χ4v) is 5.22. The van der Waals surface area contributed by atoms with Crippen molar-refractivity contribution in [1.82, 2.24) is 25.0 Å². The van der Waals surface area contributed by atoms with Gasteiger partial charge in [0, 0.05) is 55.7 Å². The number of urea groups is 1. The number of likely N-dealkylation sites (tertiary alicyclic amines) is 1. The van der Waals surface area contributed by atoms with Crippen molar-refractivity contribution in [3.8, 4) is 16.9 Å². The van der Waals surface area contributed by atoms with Gasteiger partial charge in [-0.2, -0.15) is 5.10 Å². The first-order valence-electron chi connectivity index (χ1n) is 13.2. The third-order valence-electron chi connectivity index (χ3n) is 7.31. The summed E-state index contributed by atoms with van der Waals surface area (Å²) in [5.74, 6) is -1.51. The van der Waals surface area contributed by atoms with E-state index >= 15 is 0 Å². The molecule has 2 aromatic carbocycles. The number of halogens is 2. The Labute approximate surface area is 232 Å². The molecule has 3 heterocycles. The largest absolute Gasteiger partial charge is 0.383 e. The van der Waals surface area contributed by atoms with Gasteiger partial charge in [-0.05, 0) is 55.8 Å². The number of nitrogens with zero attached hydrogens (tertiary/aromatic N) is 4. The highest BCUT2D eigenvalue weighted by Gasteiger charge is 2.35. The van der Waals surface area contributed by atoms with Crippen LogP contribution in [-0.4, -0.2) is 65.1 Å². The zero-order valence-electron chi connectivity index (χ0n) is 22.7. The number of amides is 2. The standard InChI is InChI=1S/C30H32F2N6O2/c1-19-28(23-10-7-13-33-20(23)2)36-38(22-8-5-4-6-9-22)29(19)35-30(39)34-27-18-37(14-15-40-3)17-24(27)21-11-12-25(31)26(32)16-21/h4-13,16,24,27H,14-15,17-18H2,1-3H3,(H2,34,35,39). The van der Waals surface area contributed by atoms with Crippen LogP contribution >= 0.6 is 0 Å². The fraction of sp³-hybridized carbons (Fsp3) is 0.300. The van der Waals surface area contributed by atoms with E-state index in [0.717, 1.165) is 34.3 Å². The lowest BCUT2D eigenvalue weighted by atomic mass is 9.94. The first-order chi connectivity index (χ1) is 19.4. The van der Waals surface area contributed by atoms with Gasteiger partial charge in [0.15, 0.2) is 11.6 Å². The fourth-order valence-electron chi connectivity index (χ4n) is 5.22. The Balaban J connectivity index is 1.44. The number of aromatic nitrogens is 3. The summed E-state index contributed by atoms with van der Waals surface area (Å²) >= 11 is 0. The molecule has 0 bridgehead atoms. The number of carbonyl (C=O) groups excluding carboxylic acids is 1. The van der Waals surface area contributed by atoms with Crippen LogP contribution in [0, 0.1) is 25.5 Å². The maximum atomic E-state index is 14.1.